The van der Waals surface area contributed by atoms with Crippen molar-refractivity contribution < 1.29 is 13.7 Å². The molecule has 0 spiro atoms. The number of anilines is 7. The zero-order valence-corrected chi connectivity index (χ0v) is 23.1. The van der Waals surface area contributed by atoms with E-state index in [0.29, 0.717) is 40.3 Å². The fraction of sp³-hybridized carbons (Fsp3) is 0.269. The van der Waals surface area contributed by atoms with Crippen molar-refractivity contribution >= 4 is 57.1 Å². The van der Waals surface area contributed by atoms with E-state index in [0.717, 1.165) is 18.8 Å². The molecule has 1 amide bonds. The fourth-order valence-corrected chi connectivity index (χ4v) is 3.98. The normalized spacial score (nSPS) is 11.4. The van der Waals surface area contributed by atoms with Crippen LogP contribution in [0.3, 0.4) is 0 Å². The Morgan fingerprint density at radius 3 is 2.45 bits per heavy atom. The third kappa shape index (κ3) is 7.92. The van der Waals surface area contributed by atoms with E-state index in [-0.39, 0.29) is 5.91 Å². The number of likely N-dealkylation sites (N-methyl/N-ethyl adjacent to an activating group) is 2. The maximum absolute atomic E-state index is 12.2. The molecule has 0 aliphatic heterocycles. The lowest BCUT2D eigenvalue weighted by Crippen LogP contribution is -2.29. The molecular formula is C26H34N8O3S. The van der Waals surface area contributed by atoms with Gasteiger partial charge in [-0.1, -0.05) is 18.7 Å². The first kappa shape index (κ1) is 28.4. The van der Waals surface area contributed by atoms with E-state index in [9.17, 15) is 9.00 Å². The lowest BCUT2D eigenvalue weighted by molar-refractivity contribution is -0.111. The molecule has 3 aromatic rings. The van der Waals surface area contributed by atoms with Crippen molar-refractivity contribution in [3.63, 3.8) is 0 Å². The summed E-state index contributed by atoms with van der Waals surface area (Å²) in [5, 5.41) is 9.30. The second-order valence-corrected chi connectivity index (χ2v) is 9.72. The van der Waals surface area contributed by atoms with Gasteiger partial charge in [0.15, 0.2) is 0 Å². The predicted octanol–water partition coefficient (Wildman–Crippen LogP) is 3.80. The second kappa shape index (κ2) is 13.4. The van der Waals surface area contributed by atoms with Crippen molar-refractivity contribution in [2.24, 2.45) is 0 Å². The summed E-state index contributed by atoms with van der Waals surface area (Å²) in [5.74, 6) is 1.06. The van der Waals surface area contributed by atoms with Gasteiger partial charge in [0.1, 0.15) is 22.6 Å². The molecule has 1 unspecified atom stereocenters. The van der Waals surface area contributed by atoms with E-state index in [1.165, 1.54) is 6.08 Å². The highest BCUT2D eigenvalue weighted by molar-refractivity contribution is 7.85. The summed E-state index contributed by atoms with van der Waals surface area (Å²) in [7, 11) is 6.31. The van der Waals surface area contributed by atoms with Crippen molar-refractivity contribution in [3.8, 4) is 5.75 Å². The van der Waals surface area contributed by atoms with Crippen molar-refractivity contribution in [2.75, 3.05) is 73.2 Å². The Morgan fingerprint density at radius 1 is 1.05 bits per heavy atom. The molecule has 1 atom stereocenters. The Kier molecular flexibility index (Phi) is 10.0. The Balaban J connectivity index is 1.91. The molecule has 1 aromatic heterocycles. The standard InChI is InChI=1S/C26H34N8O3S/c1-7-25(35)29-20-16-21(23(37-5)17-22(20)34(4)15-14-33(2)3)30-26-27-13-12-24(31-26)28-18-10-8-9-11-19(18)32-38(6)36/h7-13,16-17,32H,1,14-15H2,2-6H3,(H,29,35)(H2,27,28,30,31). The topological polar surface area (TPSA) is 124 Å². The molecule has 0 radical (unpaired) electrons. The second-order valence-electron chi connectivity index (χ2n) is 8.61. The number of nitrogens with zero attached hydrogens (tertiary/aromatic N) is 4. The number of hydrogen-bond donors (Lipinski definition) is 4. The van der Waals surface area contributed by atoms with Gasteiger partial charge in [-0.2, -0.15) is 4.98 Å². The number of aromatic nitrogens is 2. The van der Waals surface area contributed by atoms with Crippen LogP contribution in [0.2, 0.25) is 0 Å². The highest BCUT2D eigenvalue weighted by Crippen LogP contribution is 2.38. The van der Waals surface area contributed by atoms with Gasteiger partial charge < -0.3 is 35.2 Å². The van der Waals surface area contributed by atoms with Gasteiger partial charge >= 0.3 is 0 Å². The van der Waals surface area contributed by atoms with Crippen LogP contribution >= 0.6 is 0 Å². The monoisotopic (exact) mass is 538 g/mol. The van der Waals surface area contributed by atoms with Crippen molar-refractivity contribution in [2.45, 2.75) is 0 Å². The molecule has 0 fully saturated rings. The van der Waals surface area contributed by atoms with Gasteiger partial charge in [-0.3, -0.25) is 4.79 Å². The lowest BCUT2D eigenvalue weighted by Gasteiger charge is -2.26. The highest BCUT2D eigenvalue weighted by Gasteiger charge is 2.16. The molecule has 0 aliphatic rings. The molecule has 1 heterocycles. The third-order valence-corrected chi connectivity index (χ3v) is 5.91. The number of nitrogens with one attached hydrogen (secondary N) is 4. The summed E-state index contributed by atoms with van der Waals surface area (Å²) in [6.07, 6.45) is 4.40. The van der Waals surface area contributed by atoms with E-state index in [4.69, 9.17) is 4.74 Å². The van der Waals surface area contributed by atoms with Crippen LogP contribution in [-0.2, 0) is 15.8 Å². The number of para-hydroxylation sites is 2. The van der Waals surface area contributed by atoms with Gasteiger partial charge in [0, 0.05) is 38.7 Å². The lowest BCUT2D eigenvalue weighted by atomic mass is 10.2. The van der Waals surface area contributed by atoms with Gasteiger partial charge in [0.2, 0.25) is 11.9 Å². The van der Waals surface area contributed by atoms with Crippen LogP contribution in [0.5, 0.6) is 5.75 Å². The first-order valence-electron chi connectivity index (χ1n) is 11.8. The van der Waals surface area contributed by atoms with E-state index in [2.05, 4.69) is 42.1 Å². The molecule has 0 aliphatic carbocycles. The Bertz CT molecular complexity index is 1300. The zero-order chi connectivity index (χ0) is 27.7. The van der Waals surface area contributed by atoms with Crippen LogP contribution in [0.15, 0.2) is 61.3 Å². The van der Waals surface area contributed by atoms with Crippen LogP contribution in [-0.4, -0.2) is 72.6 Å². The predicted molar refractivity (Wildman–Crippen MR) is 156 cm³/mol. The van der Waals surface area contributed by atoms with Crippen LogP contribution in [0.1, 0.15) is 0 Å². The number of ether oxygens (including phenoxy) is 1. The summed E-state index contributed by atoms with van der Waals surface area (Å²) >= 11 is 0. The minimum atomic E-state index is -1.23. The largest absolute Gasteiger partial charge is 0.494 e. The first-order valence-corrected chi connectivity index (χ1v) is 13.3. The first-order chi connectivity index (χ1) is 18.2. The Labute approximate surface area is 225 Å². The molecule has 2 aromatic carbocycles. The molecule has 12 heteroatoms. The number of hydrogen-bond acceptors (Lipinski definition) is 9. The maximum Gasteiger partial charge on any atom is 0.247 e. The third-order valence-electron chi connectivity index (χ3n) is 5.40. The number of benzene rings is 2. The number of methoxy groups -OCH3 is 1. The van der Waals surface area contributed by atoms with Crippen molar-refractivity contribution in [1.29, 1.82) is 0 Å². The molecule has 0 saturated carbocycles. The Morgan fingerprint density at radius 2 is 1.79 bits per heavy atom. The number of rotatable bonds is 13. The summed E-state index contributed by atoms with van der Waals surface area (Å²) < 4.78 is 20.2. The Hall–Kier alpha value is -4.16. The van der Waals surface area contributed by atoms with Crippen molar-refractivity contribution in [1.82, 2.24) is 14.9 Å². The van der Waals surface area contributed by atoms with Crippen molar-refractivity contribution in [3.05, 3.63) is 61.3 Å². The molecule has 0 bridgehead atoms. The molecule has 38 heavy (non-hydrogen) atoms. The molecule has 4 N–H and O–H groups in total. The smallest absolute Gasteiger partial charge is 0.247 e. The van der Waals surface area contributed by atoms with Gasteiger partial charge in [0.25, 0.3) is 0 Å². The van der Waals surface area contributed by atoms with Crippen LogP contribution < -0.4 is 30.3 Å². The van der Waals surface area contributed by atoms with E-state index < -0.39 is 11.0 Å². The number of carbonyl (C=O) groups is 1. The summed E-state index contributed by atoms with van der Waals surface area (Å²) in [5.41, 5.74) is 3.33. The maximum atomic E-state index is 12.2. The number of carbonyl (C=O) groups excluding carboxylic acids is 1. The van der Waals surface area contributed by atoms with E-state index in [1.807, 2.05) is 56.4 Å². The minimum Gasteiger partial charge on any atom is -0.494 e. The molecule has 11 nitrogen and oxygen atoms in total. The molecule has 0 saturated heterocycles. The van der Waals surface area contributed by atoms with Crippen LogP contribution in [0.25, 0.3) is 0 Å². The average molecular weight is 539 g/mol. The van der Waals surface area contributed by atoms with Gasteiger partial charge in [-0.15, -0.1) is 0 Å². The van der Waals surface area contributed by atoms with E-state index >= 15 is 0 Å². The van der Waals surface area contributed by atoms with Crippen LogP contribution in [0.4, 0.5) is 40.2 Å². The fourth-order valence-electron chi connectivity index (χ4n) is 3.49. The van der Waals surface area contributed by atoms with Gasteiger partial charge in [0.05, 0.1) is 35.5 Å². The average Bonchev–Trinajstić information content (AvgIpc) is 2.88. The molecule has 3 rings (SSSR count). The molecular weight excluding hydrogens is 504 g/mol. The highest BCUT2D eigenvalue weighted by atomic mass is 32.2. The van der Waals surface area contributed by atoms with Crippen LogP contribution in [0, 0.1) is 0 Å². The summed E-state index contributed by atoms with van der Waals surface area (Å²) in [6.45, 7) is 5.12. The number of amides is 1. The zero-order valence-electron chi connectivity index (χ0n) is 22.2. The summed E-state index contributed by atoms with van der Waals surface area (Å²) in [6, 6.07) is 12.8. The van der Waals surface area contributed by atoms with E-state index in [1.54, 1.807) is 31.7 Å². The molecule has 202 valence electrons. The quantitative estimate of drug-likeness (QED) is 0.241. The van der Waals surface area contributed by atoms with Gasteiger partial charge in [-0.05, 0) is 44.4 Å². The minimum absolute atomic E-state index is 0.313. The summed E-state index contributed by atoms with van der Waals surface area (Å²) in [4.78, 5) is 25.2. The SMILES string of the molecule is C=CC(=O)Nc1cc(Nc2nccc(Nc3ccccc3NS(C)=O)n2)c(OC)cc1N(C)CCN(C)C. The van der Waals surface area contributed by atoms with Gasteiger partial charge in [-0.25, -0.2) is 9.19 Å².